The first-order valence-corrected chi connectivity index (χ1v) is 8.76. The molecule has 1 aromatic carbocycles. The van der Waals surface area contributed by atoms with Gasteiger partial charge >= 0.3 is 7.60 Å². The van der Waals surface area contributed by atoms with Crippen LogP contribution in [0.5, 0.6) is 0 Å². The Balaban J connectivity index is 2.31. The highest BCUT2D eigenvalue weighted by molar-refractivity contribution is 7.62. The van der Waals surface area contributed by atoms with Crippen molar-refractivity contribution in [3.05, 3.63) is 42.7 Å². The molecule has 0 fully saturated rings. The summed E-state index contributed by atoms with van der Waals surface area (Å²) in [4.78, 5) is 8.80. The second-order valence-electron chi connectivity index (χ2n) is 4.70. The second-order valence-corrected chi connectivity index (χ2v) is 6.69. The largest absolute Gasteiger partial charge is 0.362 e. The molecule has 0 aliphatic heterocycles. The third-order valence-corrected chi connectivity index (χ3v) is 5.53. The van der Waals surface area contributed by atoms with E-state index in [1.54, 1.807) is 32.3 Å². The first-order chi connectivity index (χ1) is 10.7. The number of nitrogens with zero attached hydrogens (tertiary/aromatic N) is 2. The van der Waals surface area contributed by atoms with Crippen molar-refractivity contribution in [1.29, 1.82) is 0 Å². The minimum atomic E-state index is -3.36. The number of hydrogen-bond acceptors (Lipinski definition) is 5. The van der Waals surface area contributed by atoms with Gasteiger partial charge in [-0.05, 0) is 26.0 Å². The van der Waals surface area contributed by atoms with Crippen molar-refractivity contribution in [1.82, 2.24) is 9.97 Å². The van der Waals surface area contributed by atoms with E-state index in [1.165, 1.54) is 0 Å². The van der Waals surface area contributed by atoms with Crippen molar-refractivity contribution in [3.63, 3.8) is 0 Å². The molecule has 22 heavy (non-hydrogen) atoms. The van der Waals surface area contributed by atoms with Crippen LogP contribution >= 0.6 is 7.60 Å². The molecule has 0 saturated heterocycles. The van der Waals surface area contributed by atoms with Crippen LogP contribution in [-0.4, -0.2) is 23.2 Å². The van der Waals surface area contributed by atoms with Crippen molar-refractivity contribution in [2.24, 2.45) is 0 Å². The van der Waals surface area contributed by atoms with Gasteiger partial charge in [0.2, 0.25) is 0 Å². The molecule has 0 bridgehead atoms. The first-order valence-electron chi connectivity index (χ1n) is 7.21. The number of fused-ring (bicyclic) bond motifs is 3. The molecule has 0 aliphatic carbocycles. The Morgan fingerprint density at radius 3 is 2.41 bits per heavy atom. The Bertz CT molecular complexity index is 856. The molecule has 0 spiro atoms. The van der Waals surface area contributed by atoms with E-state index in [4.69, 9.17) is 9.05 Å². The van der Waals surface area contributed by atoms with E-state index >= 15 is 0 Å². The Morgan fingerprint density at radius 2 is 1.68 bits per heavy atom. The summed E-state index contributed by atoms with van der Waals surface area (Å²) in [5.41, 5.74) is 1.48. The normalized spacial score (nSPS) is 12.1. The molecule has 0 saturated carbocycles. The zero-order chi connectivity index (χ0) is 15.6. The number of hydrogen-bond donors (Lipinski definition) is 0. The molecule has 114 valence electrons. The standard InChI is InChI=1S/C16H17N2O3P/c1-3-20-22(19,21-4-2)14-9-11-18-16-13(14)8-7-12-6-5-10-17-15(12)16/h5-11H,3-4H2,1-2H3. The van der Waals surface area contributed by atoms with E-state index in [0.29, 0.717) is 24.0 Å². The van der Waals surface area contributed by atoms with Gasteiger partial charge in [0.1, 0.15) is 0 Å². The van der Waals surface area contributed by atoms with E-state index in [9.17, 15) is 4.57 Å². The molecule has 0 N–H and O–H groups in total. The summed E-state index contributed by atoms with van der Waals surface area (Å²) < 4.78 is 24.0. The van der Waals surface area contributed by atoms with Gasteiger partial charge in [-0.15, -0.1) is 0 Å². The molecule has 3 aromatic rings. The van der Waals surface area contributed by atoms with Gasteiger partial charge in [-0.3, -0.25) is 14.5 Å². The number of rotatable bonds is 5. The average Bonchev–Trinajstić information content (AvgIpc) is 2.54. The quantitative estimate of drug-likeness (QED) is 0.531. The number of benzene rings is 1. The Kier molecular flexibility index (Phi) is 4.21. The van der Waals surface area contributed by atoms with Crippen LogP contribution in [0.15, 0.2) is 42.7 Å². The molecule has 2 heterocycles. The molecule has 2 aromatic heterocycles. The summed E-state index contributed by atoms with van der Waals surface area (Å²) in [5, 5.41) is 2.27. The summed E-state index contributed by atoms with van der Waals surface area (Å²) in [7, 11) is -3.36. The summed E-state index contributed by atoms with van der Waals surface area (Å²) in [6.45, 7) is 4.22. The predicted octanol–water partition coefficient (Wildman–Crippen LogP) is 3.67. The van der Waals surface area contributed by atoms with Gasteiger partial charge in [0.15, 0.2) is 0 Å². The lowest BCUT2D eigenvalue weighted by Gasteiger charge is -2.18. The van der Waals surface area contributed by atoms with Crippen molar-refractivity contribution in [3.8, 4) is 0 Å². The molecule has 0 unspecified atom stereocenters. The van der Waals surface area contributed by atoms with Gasteiger partial charge in [0.05, 0.1) is 29.6 Å². The topological polar surface area (TPSA) is 61.3 Å². The molecule has 0 aliphatic rings. The average molecular weight is 316 g/mol. The van der Waals surface area contributed by atoms with Crippen LogP contribution in [0.3, 0.4) is 0 Å². The first kappa shape index (κ1) is 15.1. The van der Waals surface area contributed by atoms with Crippen molar-refractivity contribution >= 4 is 34.7 Å². The van der Waals surface area contributed by atoms with Gasteiger partial charge in [-0.25, -0.2) is 0 Å². The van der Waals surface area contributed by atoms with Crippen molar-refractivity contribution < 1.29 is 13.6 Å². The second kappa shape index (κ2) is 6.13. The lowest BCUT2D eigenvalue weighted by atomic mass is 10.1. The summed E-state index contributed by atoms with van der Waals surface area (Å²) in [6, 6.07) is 9.39. The molecule has 0 amide bonds. The maximum Gasteiger partial charge on any atom is 0.362 e. The zero-order valence-corrected chi connectivity index (χ0v) is 13.4. The van der Waals surface area contributed by atoms with Gasteiger partial charge < -0.3 is 9.05 Å². The van der Waals surface area contributed by atoms with Crippen LogP contribution in [0, 0.1) is 0 Å². The van der Waals surface area contributed by atoms with Crippen LogP contribution in [-0.2, 0) is 13.6 Å². The van der Waals surface area contributed by atoms with Crippen molar-refractivity contribution in [2.45, 2.75) is 13.8 Å². The third kappa shape index (κ3) is 2.52. The third-order valence-electron chi connectivity index (χ3n) is 3.35. The molecule has 3 rings (SSSR count). The molecular weight excluding hydrogens is 299 g/mol. The SMILES string of the molecule is CCOP(=O)(OCC)c1ccnc2c1ccc1cccnc12. The molecular formula is C16H17N2O3P. The van der Waals surface area contributed by atoms with E-state index in [2.05, 4.69) is 9.97 Å². The molecule has 0 radical (unpaired) electrons. The van der Waals surface area contributed by atoms with E-state index in [0.717, 1.165) is 16.3 Å². The van der Waals surface area contributed by atoms with Gasteiger partial charge in [-0.1, -0.05) is 18.2 Å². The molecule has 5 nitrogen and oxygen atoms in total. The van der Waals surface area contributed by atoms with Crippen LogP contribution in [0.25, 0.3) is 21.8 Å². The monoisotopic (exact) mass is 316 g/mol. The Labute approximate surface area is 128 Å². The zero-order valence-electron chi connectivity index (χ0n) is 12.5. The lowest BCUT2D eigenvalue weighted by Crippen LogP contribution is -2.12. The van der Waals surface area contributed by atoms with Gasteiger partial charge in [0, 0.05) is 23.2 Å². The van der Waals surface area contributed by atoms with Crippen LogP contribution in [0.1, 0.15) is 13.8 Å². The van der Waals surface area contributed by atoms with Gasteiger partial charge in [-0.2, -0.15) is 0 Å². The summed E-state index contributed by atoms with van der Waals surface area (Å²) in [6.07, 6.45) is 3.34. The summed E-state index contributed by atoms with van der Waals surface area (Å²) in [5.74, 6) is 0. The maximum atomic E-state index is 13.1. The van der Waals surface area contributed by atoms with Crippen molar-refractivity contribution in [2.75, 3.05) is 13.2 Å². The molecule has 6 heteroatoms. The smallest absolute Gasteiger partial charge is 0.305 e. The highest BCUT2D eigenvalue weighted by Crippen LogP contribution is 2.48. The highest BCUT2D eigenvalue weighted by atomic mass is 31.2. The summed E-state index contributed by atoms with van der Waals surface area (Å²) >= 11 is 0. The van der Waals surface area contributed by atoms with E-state index in [1.807, 2.05) is 24.3 Å². The fourth-order valence-corrected chi connectivity index (χ4v) is 4.25. The fourth-order valence-electron chi connectivity index (χ4n) is 2.49. The van der Waals surface area contributed by atoms with E-state index in [-0.39, 0.29) is 0 Å². The molecule has 0 atom stereocenters. The minimum absolute atomic E-state index is 0.312. The van der Waals surface area contributed by atoms with Crippen LogP contribution in [0.2, 0.25) is 0 Å². The van der Waals surface area contributed by atoms with Crippen LogP contribution < -0.4 is 5.30 Å². The highest BCUT2D eigenvalue weighted by Gasteiger charge is 2.29. The van der Waals surface area contributed by atoms with Gasteiger partial charge in [0.25, 0.3) is 0 Å². The lowest BCUT2D eigenvalue weighted by molar-refractivity contribution is 0.230. The fraction of sp³-hybridized carbons (Fsp3) is 0.250. The predicted molar refractivity (Wildman–Crippen MR) is 87.5 cm³/mol. The Morgan fingerprint density at radius 1 is 0.955 bits per heavy atom. The van der Waals surface area contributed by atoms with E-state index < -0.39 is 7.60 Å². The van der Waals surface area contributed by atoms with Crippen LogP contribution in [0.4, 0.5) is 0 Å². The maximum absolute atomic E-state index is 13.1. The number of pyridine rings is 2. The Hall–Kier alpha value is -1.81. The number of aromatic nitrogens is 2. The minimum Gasteiger partial charge on any atom is -0.305 e.